The largest absolute Gasteiger partial charge is 0.493 e. The van der Waals surface area contributed by atoms with Gasteiger partial charge in [0.25, 0.3) is 0 Å². The number of nitrogens with zero attached hydrogens (tertiary/aromatic N) is 2. The van der Waals surface area contributed by atoms with E-state index in [2.05, 4.69) is 29.6 Å². The van der Waals surface area contributed by atoms with Crippen molar-refractivity contribution in [3.63, 3.8) is 0 Å². The van der Waals surface area contributed by atoms with Crippen LogP contribution in [0.3, 0.4) is 0 Å². The first kappa shape index (κ1) is 19.1. The van der Waals surface area contributed by atoms with Crippen LogP contribution in [0, 0.1) is 5.92 Å². The normalized spacial score (nSPS) is 18.0. The lowest BCUT2D eigenvalue weighted by molar-refractivity contribution is -0.104. The van der Waals surface area contributed by atoms with E-state index in [0.717, 1.165) is 42.9 Å². The van der Waals surface area contributed by atoms with Gasteiger partial charge in [-0.2, -0.15) is 0 Å². The quantitative estimate of drug-likeness (QED) is 0.293. The van der Waals surface area contributed by atoms with Crippen LogP contribution in [0.2, 0.25) is 0 Å². The number of aldehydes is 1. The highest BCUT2D eigenvalue weighted by molar-refractivity contribution is 7.97. The van der Waals surface area contributed by atoms with Crippen molar-refractivity contribution < 1.29 is 9.53 Å². The monoisotopic (exact) mass is 372 g/mol. The highest BCUT2D eigenvalue weighted by atomic mass is 32.2. The smallest absolute Gasteiger partial charge is 0.145 e. The molecule has 1 aliphatic carbocycles. The molecule has 1 heterocycles. The second-order valence-electron chi connectivity index (χ2n) is 7.31. The summed E-state index contributed by atoms with van der Waals surface area (Å²) < 4.78 is 8.58. The van der Waals surface area contributed by atoms with E-state index in [9.17, 15) is 4.79 Å². The van der Waals surface area contributed by atoms with Crippen LogP contribution in [0.4, 0.5) is 0 Å². The van der Waals surface area contributed by atoms with Gasteiger partial charge in [0.15, 0.2) is 0 Å². The average Bonchev–Trinajstić information content (AvgIpc) is 3.35. The zero-order chi connectivity index (χ0) is 18.7. The molecule has 1 fully saturated rings. The zero-order valence-electron chi connectivity index (χ0n) is 16.1. The van der Waals surface area contributed by atoms with E-state index in [1.165, 1.54) is 23.3 Å². The molecule has 0 saturated heterocycles. The molecule has 0 bridgehead atoms. The molecular weight excluding hydrogens is 344 g/mol. The number of rotatable bonds is 8. The van der Waals surface area contributed by atoms with Crippen molar-refractivity contribution in [1.82, 2.24) is 9.21 Å². The number of ether oxygens (including phenoxy) is 1. The van der Waals surface area contributed by atoms with Crippen LogP contribution in [-0.4, -0.2) is 42.7 Å². The summed E-state index contributed by atoms with van der Waals surface area (Å²) >= 11 is 1.80. The van der Waals surface area contributed by atoms with Gasteiger partial charge in [-0.05, 0) is 67.0 Å². The van der Waals surface area contributed by atoms with E-state index >= 15 is 0 Å². The third-order valence-corrected chi connectivity index (χ3v) is 5.76. The number of benzene rings is 1. The molecule has 3 rings (SSSR count). The maximum atomic E-state index is 11.2. The van der Waals surface area contributed by atoms with Crippen LogP contribution in [-0.2, 0) is 11.3 Å². The Hall–Kier alpha value is -1.72. The number of hydrogen-bond acceptors (Lipinski definition) is 5. The molecule has 4 nitrogen and oxygen atoms in total. The summed E-state index contributed by atoms with van der Waals surface area (Å²) in [5.41, 5.74) is 4.09. The van der Waals surface area contributed by atoms with Gasteiger partial charge in [-0.15, -0.1) is 0 Å². The van der Waals surface area contributed by atoms with Crippen molar-refractivity contribution in [1.29, 1.82) is 0 Å². The molecule has 1 aromatic carbocycles. The summed E-state index contributed by atoms with van der Waals surface area (Å²) in [6, 6.07) is 4.42. The fourth-order valence-corrected chi connectivity index (χ4v) is 3.95. The summed E-state index contributed by atoms with van der Waals surface area (Å²) in [4.78, 5) is 14.5. The number of carbonyl (C=O) groups excluding carboxylic acids is 1. The molecule has 5 heteroatoms. The predicted molar refractivity (Wildman–Crippen MR) is 108 cm³/mol. The van der Waals surface area contributed by atoms with Crippen LogP contribution in [0.25, 0.3) is 5.57 Å². The lowest BCUT2D eigenvalue weighted by atomic mass is 10.0. The Morgan fingerprint density at radius 1 is 1.38 bits per heavy atom. The maximum absolute atomic E-state index is 11.2. The summed E-state index contributed by atoms with van der Waals surface area (Å²) in [6.45, 7) is 6.76. The minimum Gasteiger partial charge on any atom is -0.493 e. The molecule has 0 atom stereocenters. The van der Waals surface area contributed by atoms with Crippen molar-refractivity contribution in [2.45, 2.75) is 38.1 Å². The van der Waals surface area contributed by atoms with Crippen molar-refractivity contribution in [3.8, 4) is 5.75 Å². The van der Waals surface area contributed by atoms with Crippen molar-refractivity contribution in [2.24, 2.45) is 5.92 Å². The topological polar surface area (TPSA) is 32.8 Å². The minimum atomic E-state index is 0.700. The molecule has 0 aromatic heterocycles. The maximum Gasteiger partial charge on any atom is 0.145 e. The lowest BCUT2D eigenvalue weighted by Gasteiger charge is -2.16. The Balaban J connectivity index is 2.02. The minimum absolute atomic E-state index is 0.700. The highest BCUT2D eigenvalue weighted by Crippen LogP contribution is 2.42. The Labute approximate surface area is 161 Å². The molecular formula is C21H28N2O2S. The molecule has 140 valence electrons. The fraction of sp³-hybridized carbons (Fsp3) is 0.476. The lowest BCUT2D eigenvalue weighted by Crippen LogP contribution is -2.08. The molecule has 0 N–H and O–H groups in total. The summed E-state index contributed by atoms with van der Waals surface area (Å²) in [5.74, 6) is 1.63. The molecule has 0 spiro atoms. The zero-order valence-corrected chi connectivity index (χ0v) is 16.9. The van der Waals surface area contributed by atoms with Gasteiger partial charge in [-0.3, -0.25) is 4.79 Å². The molecule has 0 radical (unpaired) electrons. The SMILES string of the molecule is CCN1Cc2cc(OCC3CC3)c(C(/C=C(/C)C=O)=C/N(C)C)cc2S1. The first-order valence-electron chi connectivity index (χ1n) is 9.25. The number of fused-ring (bicyclic) bond motifs is 1. The molecule has 0 amide bonds. The molecule has 26 heavy (non-hydrogen) atoms. The fourth-order valence-electron chi connectivity index (χ4n) is 2.93. The first-order chi connectivity index (χ1) is 12.5. The molecule has 0 unspecified atom stereocenters. The van der Waals surface area contributed by atoms with Gasteiger partial charge in [0.05, 0.1) is 6.61 Å². The standard InChI is InChI=1S/C21H28N2O2S/c1-5-23-12-18-9-20(25-14-16-6-7-16)19(10-21(18)26-23)17(11-22(3)4)8-15(2)13-24/h8-11,13,16H,5-7,12,14H2,1-4H3/b15-8-,17-11+. The van der Waals surface area contributed by atoms with Crippen LogP contribution >= 0.6 is 11.9 Å². The van der Waals surface area contributed by atoms with Crippen LogP contribution in [0.5, 0.6) is 5.75 Å². The van der Waals surface area contributed by atoms with Gasteiger partial charge in [-0.25, -0.2) is 4.31 Å². The number of hydrogen-bond donors (Lipinski definition) is 0. The van der Waals surface area contributed by atoms with E-state index < -0.39 is 0 Å². The Morgan fingerprint density at radius 3 is 2.77 bits per heavy atom. The van der Waals surface area contributed by atoms with Crippen molar-refractivity contribution in [3.05, 3.63) is 41.1 Å². The van der Waals surface area contributed by atoms with Gasteiger partial charge in [0, 0.05) is 49.4 Å². The van der Waals surface area contributed by atoms with Crippen LogP contribution < -0.4 is 4.74 Å². The number of allylic oxidation sites excluding steroid dienone is 3. The van der Waals surface area contributed by atoms with Crippen LogP contribution in [0.1, 0.15) is 37.8 Å². The third-order valence-electron chi connectivity index (χ3n) is 4.54. The summed E-state index contributed by atoms with van der Waals surface area (Å²) in [5, 5.41) is 0. The highest BCUT2D eigenvalue weighted by Gasteiger charge is 2.25. The van der Waals surface area contributed by atoms with Gasteiger partial charge in [0.2, 0.25) is 0 Å². The Morgan fingerprint density at radius 2 is 2.15 bits per heavy atom. The van der Waals surface area contributed by atoms with Gasteiger partial charge in [-0.1, -0.05) is 6.92 Å². The number of carbonyl (C=O) groups is 1. The Kier molecular flexibility index (Phi) is 6.09. The van der Waals surface area contributed by atoms with Crippen LogP contribution in [0.15, 0.2) is 34.9 Å². The van der Waals surface area contributed by atoms with Gasteiger partial charge < -0.3 is 9.64 Å². The van der Waals surface area contributed by atoms with E-state index in [1.54, 1.807) is 11.9 Å². The predicted octanol–water partition coefficient (Wildman–Crippen LogP) is 4.37. The van der Waals surface area contributed by atoms with E-state index in [0.29, 0.717) is 11.5 Å². The molecule has 1 saturated carbocycles. The first-order valence-corrected chi connectivity index (χ1v) is 10.0. The summed E-state index contributed by atoms with van der Waals surface area (Å²) in [6.07, 6.45) is 7.43. The second-order valence-corrected chi connectivity index (χ2v) is 8.45. The average molecular weight is 373 g/mol. The second kappa shape index (κ2) is 8.31. The Bertz CT molecular complexity index is 736. The summed E-state index contributed by atoms with van der Waals surface area (Å²) in [7, 11) is 3.99. The third kappa shape index (κ3) is 4.71. The van der Waals surface area contributed by atoms with E-state index in [4.69, 9.17) is 4.74 Å². The molecule has 1 aliphatic heterocycles. The molecule has 2 aliphatic rings. The van der Waals surface area contributed by atoms with Gasteiger partial charge in [0.1, 0.15) is 12.0 Å². The van der Waals surface area contributed by atoms with Crippen molar-refractivity contribution >= 4 is 23.8 Å². The van der Waals surface area contributed by atoms with E-state index in [-0.39, 0.29) is 0 Å². The van der Waals surface area contributed by atoms with Crippen molar-refractivity contribution in [2.75, 3.05) is 27.2 Å². The van der Waals surface area contributed by atoms with E-state index in [1.807, 2.05) is 32.0 Å². The van der Waals surface area contributed by atoms with Gasteiger partial charge >= 0.3 is 0 Å². The molecule has 1 aromatic rings.